The molecule has 0 saturated carbocycles. The SMILES string of the molecule is CCCCCCCCCCOc1ccc(C2=NC(=Cc3cc(OC)ccc3OC)C(=O)O2)cc1. The fourth-order valence-electron chi connectivity index (χ4n) is 3.75. The maximum absolute atomic E-state index is 12.4. The Morgan fingerprint density at radius 1 is 0.853 bits per heavy atom. The van der Waals surface area contributed by atoms with E-state index >= 15 is 0 Å². The molecule has 0 fully saturated rings. The number of nitrogens with zero attached hydrogens (tertiary/aromatic N) is 1. The van der Waals surface area contributed by atoms with Crippen LogP contribution in [0.3, 0.4) is 0 Å². The Balaban J connectivity index is 1.53. The second kappa shape index (κ2) is 13.4. The van der Waals surface area contributed by atoms with Crippen molar-refractivity contribution in [3.63, 3.8) is 0 Å². The van der Waals surface area contributed by atoms with Crippen LogP contribution in [0.25, 0.3) is 6.08 Å². The van der Waals surface area contributed by atoms with Crippen molar-refractivity contribution in [3.8, 4) is 17.2 Å². The van der Waals surface area contributed by atoms with Gasteiger partial charge in [-0.15, -0.1) is 0 Å². The summed E-state index contributed by atoms with van der Waals surface area (Å²) in [6.07, 6.45) is 11.8. The first-order chi connectivity index (χ1) is 16.6. The lowest BCUT2D eigenvalue weighted by molar-refractivity contribution is -0.129. The smallest absolute Gasteiger partial charge is 0.363 e. The first kappa shape index (κ1) is 25.3. The Kier molecular flexibility index (Phi) is 10.0. The molecule has 3 rings (SSSR count). The summed E-state index contributed by atoms with van der Waals surface area (Å²) in [6, 6.07) is 12.8. The minimum Gasteiger partial charge on any atom is -0.497 e. The molecule has 0 atom stereocenters. The third-order valence-corrected chi connectivity index (χ3v) is 5.72. The number of hydrogen-bond acceptors (Lipinski definition) is 6. The number of aliphatic imine (C=N–C) groups is 1. The summed E-state index contributed by atoms with van der Waals surface area (Å²) >= 11 is 0. The molecule has 0 unspecified atom stereocenters. The predicted octanol–water partition coefficient (Wildman–Crippen LogP) is 6.57. The van der Waals surface area contributed by atoms with Crippen LogP contribution in [0.5, 0.6) is 17.2 Å². The number of hydrogen-bond donors (Lipinski definition) is 0. The Morgan fingerprint density at radius 3 is 2.21 bits per heavy atom. The number of ether oxygens (including phenoxy) is 4. The average Bonchev–Trinajstić information content (AvgIpc) is 3.23. The maximum Gasteiger partial charge on any atom is 0.363 e. The standard InChI is InChI=1S/C28H35NO5/c1-4-5-6-7-8-9-10-11-18-33-23-14-12-21(13-15-23)27-29-25(28(30)34-27)20-22-19-24(31-2)16-17-26(22)32-3/h12-17,19-20H,4-11,18H2,1-3H3. The molecule has 0 radical (unpaired) electrons. The zero-order chi connectivity index (χ0) is 24.2. The summed E-state index contributed by atoms with van der Waals surface area (Å²) in [5, 5.41) is 0. The van der Waals surface area contributed by atoms with Crippen LogP contribution in [-0.2, 0) is 9.53 Å². The normalized spacial score (nSPS) is 14.1. The van der Waals surface area contributed by atoms with Gasteiger partial charge in [-0.05, 0) is 55.0 Å². The van der Waals surface area contributed by atoms with Gasteiger partial charge in [0.2, 0.25) is 5.90 Å². The number of carbonyl (C=O) groups is 1. The molecule has 2 aromatic rings. The topological polar surface area (TPSA) is 66.3 Å². The van der Waals surface area contributed by atoms with E-state index in [1.54, 1.807) is 38.5 Å². The van der Waals surface area contributed by atoms with Crippen molar-refractivity contribution in [1.82, 2.24) is 0 Å². The predicted molar refractivity (Wildman–Crippen MR) is 135 cm³/mol. The quantitative estimate of drug-likeness (QED) is 0.179. The molecule has 2 aromatic carbocycles. The van der Waals surface area contributed by atoms with Gasteiger partial charge in [-0.2, -0.15) is 0 Å². The fraction of sp³-hybridized carbons (Fsp3) is 0.429. The molecule has 34 heavy (non-hydrogen) atoms. The van der Waals surface area contributed by atoms with Crippen LogP contribution in [0.1, 0.15) is 69.4 Å². The van der Waals surface area contributed by atoms with E-state index in [0.29, 0.717) is 29.2 Å². The fourth-order valence-corrected chi connectivity index (χ4v) is 3.75. The van der Waals surface area contributed by atoms with Gasteiger partial charge in [0.15, 0.2) is 5.70 Å². The summed E-state index contributed by atoms with van der Waals surface area (Å²) < 4.78 is 21.9. The van der Waals surface area contributed by atoms with Gasteiger partial charge >= 0.3 is 5.97 Å². The number of carbonyl (C=O) groups excluding carboxylic acids is 1. The van der Waals surface area contributed by atoms with Crippen LogP contribution < -0.4 is 14.2 Å². The van der Waals surface area contributed by atoms with Crippen LogP contribution in [0, 0.1) is 0 Å². The highest BCUT2D eigenvalue weighted by atomic mass is 16.6. The second-order valence-electron chi connectivity index (χ2n) is 8.29. The van der Waals surface area contributed by atoms with Crippen LogP contribution in [-0.4, -0.2) is 32.7 Å². The van der Waals surface area contributed by atoms with Gasteiger partial charge < -0.3 is 18.9 Å². The van der Waals surface area contributed by atoms with Gasteiger partial charge in [-0.1, -0.05) is 51.9 Å². The van der Waals surface area contributed by atoms with Crippen LogP contribution in [0.15, 0.2) is 53.2 Å². The van der Waals surface area contributed by atoms with Crippen molar-refractivity contribution in [1.29, 1.82) is 0 Å². The number of rotatable bonds is 14. The molecule has 1 heterocycles. The first-order valence-electron chi connectivity index (χ1n) is 12.1. The highest BCUT2D eigenvalue weighted by Gasteiger charge is 2.24. The van der Waals surface area contributed by atoms with E-state index in [1.807, 2.05) is 24.3 Å². The highest BCUT2D eigenvalue weighted by Crippen LogP contribution is 2.28. The Bertz CT molecular complexity index is 994. The summed E-state index contributed by atoms with van der Waals surface area (Å²) in [7, 11) is 3.16. The number of esters is 1. The second-order valence-corrected chi connectivity index (χ2v) is 8.29. The molecule has 0 aliphatic carbocycles. The number of benzene rings is 2. The van der Waals surface area contributed by atoms with Gasteiger partial charge in [-0.3, -0.25) is 0 Å². The molecular formula is C28H35NO5. The molecule has 182 valence electrons. The van der Waals surface area contributed by atoms with E-state index in [4.69, 9.17) is 18.9 Å². The van der Waals surface area contributed by atoms with E-state index in [1.165, 1.54) is 44.9 Å². The summed E-state index contributed by atoms with van der Waals surface area (Å²) in [5.74, 6) is 1.84. The number of cyclic esters (lactones) is 1. The highest BCUT2D eigenvalue weighted by molar-refractivity contribution is 6.13. The van der Waals surface area contributed by atoms with Gasteiger partial charge in [0.25, 0.3) is 0 Å². The van der Waals surface area contributed by atoms with Crippen molar-refractivity contribution in [2.75, 3.05) is 20.8 Å². The Morgan fingerprint density at radius 2 is 1.53 bits per heavy atom. The molecular weight excluding hydrogens is 430 g/mol. The minimum absolute atomic E-state index is 0.205. The molecule has 0 aromatic heterocycles. The van der Waals surface area contributed by atoms with E-state index in [9.17, 15) is 4.79 Å². The maximum atomic E-state index is 12.4. The lowest BCUT2D eigenvalue weighted by atomic mass is 10.1. The lowest BCUT2D eigenvalue weighted by Gasteiger charge is -2.07. The zero-order valence-electron chi connectivity index (χ0n) is 20.5. The Labute approximate surface area is 202 Å². The molecule has 0 spiro atoms. The van der Waals surface area contributed by atoms with Crippen molar-refractivity contribution in [3.05, 3.63) is 59.3 Å². The lowest BCUT2D eigenvalue weighted by Crippen LogP contribution is -2.05. The monoisotopic (exact) mass is 465 g/mol. The van der Waals surface area contributed by atoms with Gasteiger partial charge in [-0.25, -0.2) is 9.79 Å². The van der Waals surface area contributed by atoms with Crippen molar-refractivity contribution >= 4 is 17.9 Å². The summed E-state index contributed by atoms with van der Waals surface area (Å²) in [6.45, 7) is 2.95. The third kappa shape index (κ3) is 7.37. The molecule has 6 nitrogen and oxygen atoms in total. The zero-order valence-corrected chi connectivity index (χ0v) is 20.5. The van der Waals surface area contributed by atoms with Crippen molar-refractivity contribution in [2.45, 2.75) is 58.3 Å². The summed E-state index contributed by atoms with van der Waals surface area (Å²) in [5.41, 5.74) is 1.61. The molecule has 1 aliphatic heterocycles. The summed E-state index contributed by atoms with van der Waals surface area (Å²) in [4.78, 5) is 16.8. The van der Waals surface area contributed by atoms with E-state index in [-0.39, 0.29) is 11.6 Å². The molecule has 0 bridgehead atoms. The molecule has 0 saturated heterocycles. The van der Waals surface area contributed by atoms with Crippen LogP contribution in [0.4, 0.5) is 0 Å². The van der Waals surface area contributed by atoms with Gasteiger partial charge in [0.05, 0.1) is 20.8 Å². The Hall–Kier alpha value is -3.28. The van der Waals surface area contributed by atoms with Gasteiger partial charge in [0.1, 0.15) is 17.2 Å². The van der Waals surface area contributed by atoms with E-state index in [2.05, 4.69) is 11.9 Å². The third-order valence-electron chi connectivity index (χ3n) is 5.72. The van der Waals surface area contributed by atoms with E-state index in [0.717, 1.165) is 12.2 Å². The van der Waals surface area contributed by atoms with Crippen LogP contribution >= 0.6 is 0 Å². The van der Waals surface area contributed by atoms with Crippen LogP contribution in [0.2, 0.25) is 0 Å². The molecule has 0 amide bonds. The molecule has 0 N–H and O–H groups in total. The average molecular weight is 466 g/mol. The molecule has 1 aliphatic rings. The minimum atomic E-state index is -0.505. The molecule has 6 heteroatoms. The van der Waals surface area contributed by atoms with Crippen molar-refractivity contribution in [2.24, 2.45) is 4.99 Å². The largest absolute Gasteiger partial charge is 0.497 e. The van der Waals surface area contributed by atoms with Crippen molar-refractivity contribution < 1.29 is 23.7 Å². The van der Waals surface area contributed by atoms with Gasteiger partial charge in [0, 0.05) is 11.1 Å². The first-order valence-corrected chi connectivity index (χ1v) is 12.1. The number of unbranched alkanes of at least 4 members (excludes halogenated alkanes) is 7. The number of methoxy groups -OCH3 is 2. The van der Waals surface area contributed by atoms with E-state index < -0.39 is 5.97 Å².